The fourth-order valence-electron chi connectivity index (χ4n) is 1.10. The monoisotopic (exact) mass is 223 g/mol. The molecule has 1 aromatic rings. The van der Waals surface area contributed by atoms with Gasteiger partial charge in [-0.05, 0) is 17.7 Å². The summed E-state index contributed by atoms with van der Waals surface area (Å²) in [5.74, 6) is 0.789. The van der Waals surface area contributed by atoms with E-state index in [-0.39, 0.29) is 6.61 Å². The molecule has 0 aliphatic carbocycles. The molecule has 86 valence electrons. The van der Waals surface area contributed by atoms with Gasteiger partial charge in [0.25, 0.3) is 0 Å². The van der Waals surface area contributed by atoms with E-state index in [0.29, 0.717) is 6.61 Å². The van der Waals surface area contributed by atoms with Crippen molar-refractivity contribution in [2.75, 3.05) is 13.7 Å². The molecule has 16 heavy (non-hydrogen) atoms. The highest BCUT2D eigenvalue weighted by atomic mass is 16.6. The van der Waals surface area contributed by atoms with Gasteiger partial charge in [0.05, 0.1) is 25.2 Å². The van der Waals surface area contributed by atoms with E-state index in [1.165, 1.54) is 6.08 Å². The summed E-state index contributed by atoms with van der Waals surface area (Å²) >= 11 is 0. The molecular weight excluding hydrogens is 210 g/mol. The predicted molar refractivity (Wildman–Crippen MR) is 58.8 cm³/mol. The van der Waals surface area contributed by atoms with Gasteiger partial charge < -0.3 is 9.47 Å². The maximum Gasteiger partial charge on any atom is 0.232 e. The molecule has 0 spiro atoms. The molecule has 0 heterocycles. The molecule has 0 N–H and O–H groups in total. The van der Waals surface area contributed by atoms with E-state index < -0.39 is 4.92 Å². The van der Waals surface area contributed by atoms with Crippen LogP contribution in [0.3, 0.4) is 0 Å². The predicted octanol–water partition coefficient (Wildman–Crippen LogP) is 2.00. The van der Waals surface area contributed by atoms with Crippen LogP contribution in [0.5, 0.6) is 5.75 Å². The minimum atomic E-state index is -0.517. The minimum absolute atomic E-state index is 0.229. The minimum Gasteiger partial charge on any atom is -0.497 e. The molecule has 0 aliphatic rings. The summed E-state index contributed by atoms with van der Waals surface area (Å²) in [5, 5.41) is 9.95. The SMILES string of the molecule is COc1ccc(COC/C=C/[N+](=O)[O-])cc1. The van der Waals surface area contributed by atoms with Crippen LogP contribution in [0.4, 0.5) is 0 Å². The quantitative estimate of drug-likeness (QED) is 0.420. The first-order chi connectivity index (χ1) is 7.72. The number of nitrogens with zero attached hydrogens (tertiary/aromatic N) is 1. The second kappa shape index (κ2) is 6.58. The van der Waals surface area contributed by atoms with Crippen LogP contribution in [0.1, 0.15) is 5.56 Å². The number of nitro groups is 1. The molecule has 0 saturated heterocycles. The Bertz CT molecular complexity index is 359. The third-order valence-corrected chi connectivity index (χ3v) is 1.87. The smallest absolute Gasteiger partial charge is 0.232 e. The standard InChI is InChI=1S/C11H13NO4/c1-15-11-5-3-10(4-6-11)9-16-8-2-7-12(13)14/h2-7H,8-9H2,1H3/b7-2+. The van der Waals surface area contributed by atoms with E-state index in [4.69, 9.17) is 9.47 Å². The van der Waals surface area contributed by atoms with Crippen LogP contribution in [0.2, 0.25) is 0 Å². The zero-order valence-electron chi connectivity index (χ0n) is 8.96. The Balaban J connectivity index is 2.29. The molecule has 0 fully saturated rings. The summed E-state index contributed by atoms with van der Waals surface area (Å²) in [7, 11) is 1.61. The third-order valence-electron chi connectivity index (χ3n) is 1.87. The second-order valence-electron chi connectivity index (χ2n) is 3.03. The molecule has 1 rings (SSSR count). The normalized spacial score (nSPS) is 10.6. The Hall–Kier alpha value is -1.88. The summed E-state index contributed by atoms with van der Waals surface area (Å²) in [6.45, 7) is 0.652. The van der Waals surface area contributed by atoms with Crippen LogP contribution in [0.25, 0.3) is 0 Å². The highest BCUT2D eigenvalue weighted by molar-refractivity contribution is 5.26. The lowest BCUT2D eigenvalue weighted by atomic mass is 10.2. The van der Waals surface area contributed by atoms with Gasteiger partial charge in [0.1, 0.15) is 5.75 Å². The Labute approximate surface area is 93.4 Å². The number of ether oxygens (including phenoxy) is 2. The molecule has 1 aromatic carbocycles. The maximum atomic E-state index is 9.95. The van der Waals surface area contributed by atoms with Gasteiger partial charge in [-0.1, -0.05) is 12.1 Å². The van der Waals surface area contributed by atoms with Gasteiger partial charge in [-0.3, -0.25) is 10.1 Å². The van der Waals surface area contributed by atoms with Crippen molar-refractivity contribution in [3.63, 3.8) is 0 Å². The van der Waals surface area contributed by atoms with Gasteiger partial charge in [-0.25, -0.2) is 0 Å². The first-order valence-corrected chi connectivity index (χ1v) is 4.73. The van der Waals surface area contributed by atoms with Crippen molar-refractivity contribution in [3.05, 3.63) is 52.2 Å². The molecule has 0 amide bonds. The number of rotatable bonds is 6. The molecule has 0 bridgehead atoms. The molecule has 0 aliphatic heterocycles. The van der Waals surface area contributed by atoms with Crippen molar-refractivity contribution >= 4 is 0 Å². The van der Waals surface area contributed by atoms with Crippen LogP contribution in [-0.4, -0.2) is 18.6 Å². The van der Waals surface area contributed by atoms with E-state index in [9.17, 15) is 10.1 Å². The lowest BCUT2D eigenvalue weighted by Crippen LogP contribution is -1.94. The first kappa shape index (κ1) is 12.2. The summed E-state index contributed by atoms with van der Waals surface area (Å²) in [4.78, 5) is 9.44. The van der Waals surface area contributed by atoms with Crippen LogP contribution < -0.4 is 4.74 Å². The van der Waals surface area contributed by atoms with Crippen LogP contribution in [0, 0.1) is 10.1 Å². The summed E-state index contributed by atoms with van der Waals surface area (Å²) in [6.07, 6.45) is 2.23. The lowest BCUT2D eigenvalue weighted by Gasteiger charge is -2.03. The van der Waals surface area contributed by atoms with Gasteiger partial charge in [0.15, 0.2) is 0 Å². The van der Waals surface area contributed by atoms with Gasteiger partial charge in [-0.2, -0.15) is 0 Å². The molecule has 0 atom stereocenters. The number of methoxy groups -OCH3 is 1. The Kier molecular flexibility index (Phi) is 5.01. The van der Waals surface area contributed by atoms with E-state index in [1.54, 1.807) is 7.11 Å². The zero-order chi connectivity index (χ0) is 11.8. The summed E-state index contributed by atoms with van der Waals surface area (Å²) in [6, 6.07) is 7.45. The van der Waals surface area contributed by atoms with Crippen molar-refractivity contribution in [1.82, 2.24) is 0 Å². The second-order valence-corrected chi connectivity index (χ2v) is 3.03. The molecule has 0 unspecified atom stereocenters. The molecule has 0 aromatic heterocycles. The molecule has 5 heteroatoms. The highest BCUT2D eigenvalue weighted by Crippen LogP contribution is 2.11. The lowest BCUT2D eigenvalue weighted by molar-refractivity contribution is -0.402. The molecule has 5 nitrogen and oxygen atoms in total. The van der Waals surface area contributed by atoms with Crippen molar-refractivity contribution < 1.29 is 14.4 Å². The van der Waals surface area contributed by atoms with Crippen molar-refractivity contribution in [2.24, 2.45) is 0 Å². The van der Waals surface area contributed by atoms with Crippen LogP contribution >= 0.6 is 0 Å². The van der Waals surface area contributed by atoms with Crippen molar-refractivity contribution in [3.8, 4) is 5.75 Å². The van der Waals surface area contributed by atoms with Crippen molar-refractivity contribution in [2.45, 2.75) is 6.61 Å². The van der Waals surface area contributed by atoms with Gasteiger partial charge >= 0.3 is 0 Å². The fraction of sp³-hybridized carbons (Fsp3) is 0.273. The third kappa shape index (κ3) is 4.56. The molecule has 0 radical (unpaired) electrons. The number of hydrogen-bond acceptors (Lipinski definition) is 4. The van der Waals surface area contributed by atoms with E-state index in [1.807, 2.05) is 24.3 Å². The largest absolute Gasteiger partial charge is 0.497 e. The zero-order valence-corrected chi connectivity index (χ0v) is 8.96. The number of benzene rings is 1. The summed E-state index contributed by atoms with van der Waals surface area (Å²) in [5.41, 5.74) is 0.996. The van der Waals surface area contributed by atoms with E-state index in [2.05, 4.69) is 0 Å². The average molecular weight is 223 g/mol. The molecule has 0 saturated carbocycles. The van der Waals surface area contributed by atoms with Crippen molar-refractivity contribution in [1.29, 1.82) is 0 Å². The van der Waals surface area contributed by atoms with E-state index >= 15 is 0 Å². The number of hydrogen-bond donors (Lipinski definition) is 0. The van der Waals surface area contributed by atoms with Gasteiger partial charge in [0.2, 0.25) is 6.20 Å². The van der Waals surface area contributed by atoms with Gasteiger partial charge in [0, 0.05) is 6.08 Å². The average Bonchev–Trinajstić information content (AvgIpc) is 2.29. The maximum absolute atomic E-state index is 9.95. The Morgan fingerprint density at radius 2 is 2.06 bits per heavy atom. The van der Waals surface area contributed by atoms with Gasteiger partial charge in [-0.15, -0.1) is 0 Å². The topological polar surface area (TPSA) is 61.6 Å². The van der Waals surface area contributed by atoms with Crippen LogP contribution in [0.15, 0.2) is 36.5 Å². The summed E-state index contributed by atoms with van der Waals surface area (Å²) < 4.78 is 10.2. The highest BCUT2D eigenvalue weighted by Gasteiger charge is 1.94. The Morgan fingerprint density at radius 1 is 1.38 bits per heavy atom. The van der Waals surface area contributed by atoms with Crippen LogP contribution in [-0.2, 0) is 11.3 Å². The molecular formula is C11H13NO4. The fourth-order valence-corrected chi connectivity index (χ4v) is 1.10. The van der Waals surface area contributed by atoms with E-state index in [0.717, 1.165) is 17.5 Å². The first-order valence-electron chi connectivity index (χ1n) is 4.73. The Morgan fingerprint density at radius 3 is 2.62 bits per heavy atom.